The summed E-state index contributed by atoms with van der Waals surface area (Å²) in [5.74, 6) is 0.283. The molecule has 6 nitrogen and oxygen atoms in total. The number of nitrogens with one attached hydrogen (secondary N) is 1. The van der Waals surface area contributed by atoms with Crippen molar-refractivity contribution in [2.45, 2.75) is 26.2 Å². The maximum Gasteiger partial charge on any atom is 0.230 e. The topological polar surface area (TPSA) is 75.2 Å². The number of pyridine rings is 1. The molecule has 0 spiro atoms. The Labute approximate surface area is 177 Å². The molecule has 4 heterocycles. The zero-order chi connectivity index (χ0) is 20.2. The van der Waals surface area contributed by atoms with Gasteiger partial charge in [0.15, 0.2) is 0 Å². The summed E-state index contributed by atoms with van der Waals surface area (Å²) in [5, 5.41) is 9.83. The van der Waals surface area contributed by atoms with Crippen molar-refractivity contribution in [3.63, 3.8) is 0 Å². The summed E-state index contributed by atoms with van der Waals surface area (Å²) in [5.41, 5.74) is 2.93. The molecule has 2 amide bonds. The number of carbonyl (C=O) groups is 2. The lowest BCUT2D eigenvalue weighted by atomic mass is 9.96. The number of aromatic nitrogens is 2. The molecule has 0 aliphatic carbocycles. The third-order valence-corrected chi connectivity index (χ3v) is 6.58. The quantitative estimate of drug-likeness (QED) is 0.669. The van der Waals surface area contributed by atoms with Gasteiger partial charge in [0.1, 0.15) is 10.8 Å². The third kappa shape index (κ3) is 4.89. The predicted molar refractivity (Wildman–Crippen MR) is 116 cm³/mol. The van der Waals surface area contributed by atoms with Crippen molar-refractivity contribution in [2.75, 3.05) is 18.4 Å². The number of likely N-dealkylation sites (tertiary alicyclic amines) is 1. The molecule has 0 radical (unpaired) electrons. The molecular formula is C21H22N4O2S2. The Morgan fingerprint density at radius 3 is 2.93 bits per heavy atom. The predicted octanol–water partition coefficient (Wildman–Crippen LogP) is 3.99. The second kappa shape index (κ2) is 8.84. The van der Waals surface area contributed by atoms with E-state index in [1.807, 2.05) is 29.8 Å². The highest BCUT2D eigenvalue weighted by Gasteiger charge is 2.29. The average molecular weight is 427 g/mol. The fraction of sp³-hybridized carbons (Fsp3) is 0.333. The minimum absolute atomic E-state index is 0.0260. The summed E-state index contributed by atoms with van der Waals surface area (Å²) in [6.07, 6.45) is 3.60. The molecule has 3 aromatic rings. The van der Waals surface area contributed by atoms with E-state index in [1.54, 1.807) is 39.8 Å². The molecule has 1 aliphatic heterocycles. The summed E-state index contributed by atoms with van der Waals surface area (Å²) < 4.78 is 0. The van der Waals surface area contributed by atoms with Crippen LogP contribution in [0.15, 0.2) is 40.5 Å². The van der Waals surface area contributed by atoms with Gasteiger partial charge in [-0.05, 0) is 42.8 Å². The van der Waals surface area contributed by atoms with Gasteiger partial charge in [0.05, 0.1) is 18.0 Å². The fourth-order valence-corrected chi connectivity index (χ4v) is 4.89. The maximum absolute atomic E-state index is 12.8. The minimum atomic E-state index is -0.215. The van der Waals surface area contributed by atoms with Crippen LogP contribution >= 0.6 is 22.7 Å². The molecule has 8 heteroatoms. The van der Waals surface area contributed by atoms with E-state index in [2.05, 4.69) is 20.7 Å². The van der Waals surface area contributed by atoms with Gasteiger partial charge < -0.3 is 10.2 Å². The smallest absolute Gasteiger partial charge is 0.230 e. The van der Waals surface area contributed by atoms with E-state index < -0.39 is 0 Å². The van der Waals surface area contributed by atoms with Crippen LogP contribution in [0.3, 0.4) is 0 Å². The van der Waals surface area contributed by atoms with Crippen LogP contribution in [-0.2, 0) is 16.0 Å². The molecule has 1 N–H and O–H groups in total. The van der Waals surface area contributed by atoms with E-state index in [9.17, 15) is 9.59 Å². The van der Waals surface area contributed by atoms with Crippen LogP contribution in [0.5, 0.6) is 0 Å². The summed E-state index contributed by atoms with van der Waals surface area (Å²) in [4.78, 5) is 36.0. The molecule has 0 bridgehead atoms. The van der Waals surface area contributed by atoms with Crippen LogP contribution < -0.4 is 5.32 Å². The molecule has 29 heavy (non-hydrogen) atoms. The first kappa shape index (κ1) is 19.7. The number of amides is 2. The first-order valence-corrected chi connectivity index (χ1v) is 11.4. The largest absolute Gasteiger partial charge is 0.342 e. The van der Waals surface area contributed by atoms with Gasteiger partial charge in [-0.25, -0.2) is 9.97 Å². The van der Waals surface area contributed by atoms with Crippen LogP contribution in [-0.4, -0.2) is 39.8 Å². The van der Waals surface area contributed by atoms with Gasteiger partial charge in [-0.2, -0.15) is 11.3 Å². The number of thiophene rings is 1. The summed E-state index contributed by atoms with van der Waals surface area (Å²) >= 11 is 3.19. The number of aryl methyl sites for hydroxylation is 1. The number of anilines is 1. The number of piperidine rings is 1. The molecule has 1 unspecified atom stereocenters. The lowest BCUT2D eigenvalue weighted by Gasteiger charge is -2.32. The number of rotatable bonds is 5. The first-order chi connectivity index (χ1) is 14.1. The van der Waals surface area contributed by atoms with Gasteiger partial charge in [0.25, 0.3) is 0 Å². The maximum atomic E-state index is 12.8. The van der Waals surface area contributed by atoms with Crippen LogP contribution in [0.1, 0.15) is 24.1 Å². The second-order valence-electron chi connectivity index (χ2n) is 7.22. The molecule has 0 aromatic carbocycles. The van der Waals surface area contributed by atoms with E-state index in [-0.39, 0.29) is 24.2 Å². The lowest BCUT2D eigenvalue weighted by molar-refractivity contribution is -0.134. The van der Waals surface area contributed by atoms with Crippen molar-refractivity contribution in [1.29, 1.82) is 0 Å². The van der Waals surface area contributed by atoms with Gasteiger partial charge in [-0.15, -0.1) is 11.3 Å². The summed E-state index contributed by atoms with van der Waals surface area (Å²) in [6.45, 7) is 3.08. The zero-order valence-electron chi connectivity index (χ0n) is 16.1. The number of thiazole rings is 1. The Kier molecular flexibility index (Phi) is 6.01. The normalized spacial score (nSPS) is 16.6. The van der Waals surface area contributed by atoms with E-state index in [0.717, 1.165) is 34.7 Å². The van der Waals surface area contributed by atoms with E-state index in [4.69, 9.17) is 0 Å². The van der Waals surface area contributed by atoms with Crippen molar-refractivity contribution >= 4 is 40.3 Å². The standard InChI is InChI=1S/C21H22N4O2S2/c1-14-4-5-18(22-10-14)24-20(27)15-3-2-7-25(11-15)19(26)9-17-13-29-21(23-17)16-6-8-28-12-16/h4-6,8,10,12-13,15H,2-3,7,9,11H2,1H3,(H,22,24,27). The zero-order valence-corrected chi connectivity index (χ0v) is 17.8. The summed E-state index contributed by atoms with van der Waals surface area (Å²) in [6, 6.07) is 5.75. The molecule has 150 valence electrons. The molecule has 4 rings (SSSR count). The molecule has 0 saturated carbocycles. The Morgan fingerprint density at radius 2 is 2.17 bits per heavy atom. The van der Waals surface area contributed by atoms with Gasteiger partial charge >= 0.3 is 0 Å². The molecule has 1 atom stereocenters. The molecular weight excluding hydrogens is 404 g/mol. The van der Waals surface area contributed by atoms with Crippen molar-refractivity contribution in [3.8, 4) is 10.6 Å². The SMILES string of the molecule is Cc1ccc(NC(=O)C2CCCN(C(=O)Cc3csc(-c4ccsc4)n3)C2)nc1. The average Bonchev–Trinajstić information content (AvgIpc) is 3.41. The summed E-state index contributed by atoms with van der Waals surface area (Å²) in [7, 11) is 0. The number of hydrogen-bond donors (Lipinski definition) is 1. The Bertz CT molecular complexity index is 983. The van der Waals surface area contributed by atoms with E-state index in [1.165, 1.54) is 0 Å². The van der Waals surface area contributed by atoms with Crippen LogP contribution in [0.2, 0.25) is 0 Å². The van der Waals surface area contributed by atoms with Gasteiger partial charge in [-0.1, -0.05) is 6.07 Å². The van der Waals surface area contributed by atoms with Gasteiger partial charge in [-0.3, -0.25) is 9.59 Å². The number of nitrogens with zero attached hydrogens (tertiary/aromatic N) is 3. The highest BCUT2D eigenvalue weighted by Crippen LogP contribution is 2.26. The number of hydrogen-bond acceptors (Lipinski definition) is 6. The van der Waals surface area contributed by atoms with E-state index >= 15 is 0 Å². The van der Waals surface area contributed by atoms with Crippen molar-refractivity contribution in [2.24, 2.45) is 5.92 Å². The Balaban J connectivity index is 1.34. The van der Waals surface area contributed by atoms with Crippen LogP contribution in [0.4, 0.5) is 5.82 Å². The lowest BCUT2D eigenvalue weighted by Crippen LogP contribution is -2.44. The van der Waals surface area contributed by atoms with Crippen molar-refractivity contribution < 1.29 is 9.59 Å². The van der Waals surface area contributed by atoms with Gasteiger partial charge in [0.2, 0.25) is 11.8 Å². The van der Waals surface area contributed by atoms with Crippen molar-refractivity contribution in [1.82, 2.24) is 14.9 Å². The molecule has 1 fully saturated rings. The highest BCUT2D eigenvalue weighted by molar-refractivity contribution is 7.14. The monoisotopic (exact) mass is 426 g/mol. The van der Waals surface area contributed by atoms with Crippen LogP contribution in [0.25, 0.3) is 10.6 Å². The first-order valence-electron chi connectivity index (χ1n) is 9.57. The molecule has 3 aromatic heterocycles. The van der Waals surface area contributed by atoms with Crippen LogP contribution in [0, 0.1) is 12.8 Å². The third-order valence-electron chi connectivity index (χ3n) is 4.96. The highest BCUT2D eigenvalue weighted by atomic mass is 32.1. The molecule has 1 aliphatic rings. The van der Waals surface area contributed by atoms with Crippen molar-refractivity contribution in [3.05, 3.63) is 51.8 Å². The Hall–Kier alpha value is -2.58. The second-order valence-corrected chi connectivity index (χ2v) is 8.86. The number of carbonyl (C=O) groups excluding carboxylic acids is 2. The minimum Gasteiger partial charge on any atom is -0.342 e. The molecule has 1 saturated heterocycles. The Morgan fingerprint density at radius 1 is 1.28 bits per heavy atom. The fourth-order valence-electron chi connectivity index (χ4n) is 3.36. The van der Waals surface area contributed by atoms with Gasteiger partial charge in [0, 0.05) is 35.6 Å². The van der Waals surface area contributed by atoms with E-state index in [0.29, 0.717) is 18.9 Å².